The van der Waals surface area contributed by atoms with Crippen LogP contribution >= 0.6 is 0 Å². The van der Waals surface area contributed by atoms with Gasteiger partial charge in [0.2, 0.25) is 11.8 Å². The maximum atomic E-state index is 14.5. The molecule has 0 aliphatic carbocycles. The molecule has 0 heterocycles. The quantitative estimate of drug-likeness (QED) is 0.147. The number of alkyl carbamates (subject to hydrolysis) is 1. The van der Waals surface area contributed by atoms with Crippen LogP contribution < -0.4 is 10.6 Å². The fourth-order valence-corrected chi connectivity index (χ4v) is 5.19. The lowest BCUT2D eigenvalue weighted by Crippen LogP contribution is -2.55. The number of hydrogen-bond donors (Lipinski definition) is 2. The summed E-state index contributed by atoms with van der Waals surface area (Å²) >= 11 is 0. The Morgan fingerprint density at radius 3 is 1.85 bits per heavy atom. The fourth-order valence-electron chi connectivity index (χ4n) is 5.19. The van der Waals surface area contributed by atoms with E-state index < -0.39 is 47.3 Å². The van der Waals surface area contributed by atoms with Crippen molar-refractivity contribution in [1.29, 1.82) is 0 Å². The van der Waals surface area contributed by atoms with Gasteiger partial charge in [0.1, 0.15) is 29.3 Å². The normalized spacial score (nSPS) is 13.7. The first-order chi connectivity index (χ1) is 22.0. The van der Waals surface area contributed by atoms with Crippen LogP contribution in [0.25, 0.3) is 0 Å². The minimum atomic E-state index is -1.07. The molecule has 9 heteroatoms. The number of carbonyl (C=O) groups excluding carboxylic acids is 4. The number of rotatable bonds is 16. The van der Waals surface area contributed by atoms with Gasteiger partial charge in [-0.3, -0.25) is 9.59 Å². The Labute approximate surface area is 282 Å². The van der Waals surface area contributed by atoms with Gasteiger partial charge in [-0.25, -0.2) is 9.59 Å². The molecule has 9 nitrogen and oxygen atoms in total. The van der Waals surface area contributed by atoms with E-state index >= 15 is 0 Å². The van der Waals surface area contributed by atoms with Gasteiger partial charge in [0.25, 0.3) is 0 Å². The molecule has 3 atom stereocenters. The highest BCUT2D eigenvalue weighted by atomic mass is 16.6. The Bertz CT molecular complexity index is 1270. The highest BCUT2D eigenvalue weighted by Gasteiger charge is 2.38. The van der Waals surface area contributed by atoms with Gasteiger partial charge in [-0.15, -0.1) is 0 Å². The van der Waals surface area contributed by atoms with Crippen molar-refractivity contribution in [3.8, 4) is 0 Å². The molecule has 0 aliphatic heterocycles. The maximum absolute atomic E-state index is 14.5. The Hall–Kier alpha value is -3.88. The number of unbranched alkanes of at least 4 members (excludes halogenated alkanes) is 3. The molecule has 0 spiro atoms. The Balaban J connectivity index is 2.58. The molecule has 0 saturated heterocycles. The summed E-state index contributed by atoms with van der Waals surface area (Å²) in [6.07, 6.45) is 3.38. The van der Waals surface area contributed by atoms with Gasteiger partial charge in [0.15, 0.2) is 0 Å². The zero-order valence-corrected chi connectivity index (χ0v) is 29.9. The molecule has 0 bridgehead atoms. The maximum Gasteiger partial charge on any atom is 0.408 e. The van der Waals surface area contributed by atoms with E-state index in [2.05, 4.69) is 17.6 Å². The third-order valence-corrected chi connectivity index (χ3v) is 7.20. The van der Waals surface area contributed by atoms with Crippen molar-refractivity contribution in [2.45, 2.75) is 130 Å². The zero-order valence-electron chi connectivity index (χ0n) is 29.9. The molecule has 0 aromatic heterocycles. The average Bonchev–Trinajstić information content (AvgIpc) is 2.96. The molecule has 3 unspecified atom stereocenters. The lowest BCUT2D eigenvalue weighted by Gasteiger charge is -2.36. The summed E-state index contributed by atoms with van der Waals surface area (Å²) in [6, 6.07) is 15.5. The summed E-state index contributed by atoms with van der Waals surface area (Å²) in [6.45, 7) is 17.0. The van der Waals surface area contributed by atoms with E-state index in [0.717, 1.165) is 24.8 Å². The van der Waals surface area contributed by atoms with E-state index in [9.17, 15) is 19.2 Å². The molecular weight excluding hydrogens is 594 g/mol. The van der Waals surface area contributed by atoms with Crippen LogP contribution in [0, 0.1) is 5.92 Å². The summed E-state index contributed by atoms with van der Waals surface area (Å²) < 4.78 is 11.2. The first kappa shape index (κ1) is 39.3. The molecule has 260 valence electrons. The Morgan fingerprint density at radius 2 is 1.32 bits per heavy atom. The Kier molecular flexibility index (Phi) is 15.4. The number of amides is 3. The van der Waals surface area contributed by atoms with E-state index in [0.29, 0.717) is 18.4 Å². The van der Waals surface area contributed by atoms with Crippen molar-refractivity contribution in [3.63, 3.8) is 0 Å². The predicted octanol–water partition coefficient (Wildman–Crippen LogP) is 7.15. The van der Waals surface area contributed by atoms with Gasteiger partial charge in [-0.2, -0.15) is 0 Å². The van der Waals surface area contributed by atoms with Crippen molar-refractivity contribution < 1.29 is 28.7 Å². The molecule has 2 aromatic carbocycles. The number of ether oxygens (including phenoxy) is 2. The van der Waals surface area contributed by atoms with E-state index in [1.165, 1.54) is 0 Å². The minimum Gasteiger partial charge on any atom is -0.458 e. The summed E-state index contributed by atoms with van der Waals surface area (Å²) in [5.74, 6) is -1.40. The second kappa shape index (κ2) is 18.5. The topological polar surface area (TPSA) is 114 Å². The smallest absolute Gasteiger partial charge is 0.408 e. The van der Waals surface area contributed by atoms with E-state index in [1.54, 1.807) is 58.6 Å². The van der Waals surface area contributed by atoms with Gasteiger partial charge >= 0.3 is 12.1 Å². The molecule has 2 N–H and O–H groups in total. The molecule has 0 radical (unpaired) electrons. The van der Waals surface area contributed by atoms with Crippen LogP contribution in [0.1, 0.15) is 112 Å². The summed E-state index contributed by atoms with van der Waals surface area (Å²) in [7, 11) is 0. The van der Waals surface area contributed by atoms with Crippen molar-refractivity contribution in [2.24, 2.45) is 5.92 Å². The highest BCUT2D eigenvalue weighted by molar-refractivity contribution is 5.94. The molecular formula is C38H57N3O6. The third-order valence-electron chi connectivity index (χ3n) is 7.20. The van der Waals surface area contributed by atoms with Crippen LogP contribution in [0.2, 0.25) is 0 Å². The summed E-state index contributed by atoms with van der Waals surface area (Å²) in [4.78, 5) is 57.0. The first-order valence-electron chi connectivity index (χ1n) is 16.9. The number of esters is 1. The molecule has 2 aromatic rings. The lowest BCUT2D eigenvalue weighted by molar-refractivity contribution is -0.159. The third kappa shape index (κ3) is 14.6. The second-order valence-electron chi connectivity index (χ2n) is 14.5. The zero-order chi connectivity index (χ0) is 35.2. The van der Waals surface area contributed by atoms with E-state index in [-0.39, 0.29) is 24.8 Å². The van der Waals surface area contributed by atoms with Crippen molar-refractivity contribution in [2.75, 3.05) is 6.54 Å². The Morgan fingerprint density at radius 1 is 0.745 bits per heavy atom. The second-order valence-corrected chi connectivity index (χ2v) is 14.5. The predicted molar refractivity (Wildman–Crippen MR) is 186 cm³/mol. The molecule has 0 saturated carbocycles. The van der Waals surface area contributed by atoms with Gasteiger partial charge in [0.05, 0.1) is 0 Å². The van der Waals surface area contributed by atoms with Crippen LogP contribution in [-0.4, -0.2) is 58.6 Å². The number of hydrogen-bond acceptors (Lipinski definition) is 6. The summed E-state index contributed by atoms with van der Waals surface area (Å²) in [5.41, 5.74) is -0.0751. The summed E-state index contributed by atoms with van der Waals surface area (Å²) in [5, 5.41) is 5.75. The highest BCUT2D eigenvalue weighted by Crippen LogP contribution is 2.26. The number of benzene rings is 2. The monoisotopic (exact) mass is 651 g/mol. The van der Waals surface area contributed by atoms with Gasteiger partial charge < -0.3 is 25.0 Å². The van der Waals surface area contributed by atoms with E-state index in [4.69, 9.17) is 9.47 Å². The largest absolute Gasteiger partial charge is 0.458 e. The number of carbonyl (C=O) groups is 4. The average molecular weight is 652 g/mol. The molecule has 0 aliphatic rings. The lowest BCUT2D eigenvalue weighted by atomic mass is 9.98. The van der Waals surface area contributed by atoms with Crippen molar-refractivity contribution >= 4 is 23.9 Å². The molecule has 3 amide bonds. The van der Waals surface area contributed by atoms with Crippen LogP contribution in [0.3, 0.4) is 0 Å². The first-order valence-corrected chi connectivity index (χ1v) is 16.9. The number of nitrogens with zero attached hydrogens (tertiary/aromatic N) is 1. The van der Waals surface area contributed by atoms with Crippen LogP contribution in [0.5, 0.6) is 0 Å². The fraction of sp³-hybridized carbons (Fsp3) is 0.579. The van der Waals surface area contributed by atoms with Crippen LogP contribution in [0.4, 0.5) is 4.79 Å². The SMILES string of the molecule is CCCCCCN(C(=O)C(CC(C)C)NC(=O)OC(C)(C)C)C(C(=O)NC(Cc1ccccc1)C(=O)OC(C)(C)C)c1ccccc1. The minimum absolute atomic E-state index is 0.0623. The van der Waals surface area contributed by atoms with E-state index in [1.807, 2.05) is 62.4 Å². The standard InChI is InChI=1S/C38H57N3O6/c1-10-11-12-19-24-41(34(43)30(25-27(2)3)40-36(45)47-38(7,8)9)32(29-22-17-14-18-23-29)33(42)39-31(35(44)46-37(4,5)6)26-28-20-15-13-16-21-28/h13-18,20-23,27,30-32H,10-12,19,24-26H2,1-9H3,(H,39,42)(H,40,45). The molecule has 47 heavy (non-hydrogen) atoms. The molecule has 0 fully saturated rings. The van der Waals surface area contributed by atoms with Crippen LogP contribution in [-0.2, 0) is 30.3 Å². The van der Waals surface area contributed by atoms with Crippen molar-refractivity contribution in [1.82, 2.24) is 15.5 Å². The van der Waals surface area contributed by atoms with Gasteiger partial charge in [0, 0.05) is 13.0 Å². The van der Waals surface area contributed by atoms with Crippen LogP contribution in [0.15, 0.2) is 60.7 Å². The van der Waals surface area contributed by atoms with Gasteiger partial charge in [-0.1, -0.05) is 101 Å². The molecule has 2 rings (SSSR count). The van der Waals surface area contributed by atoms with Crippen molar-refractivity contribution in [3.05, 3.63) is 71.8 Å². The van der Waals surface area contributed by atoms with Gasteiger partial charge in [-0.05, 0) is 71.4 Å². The number of nitrogens with one attached hydrogen (secondary N) is 2.